The summed E-state index contributed by atoms with van der Waals surface area (Å²) >= 11 is 11.9. The van der Waals surface area contributed by atoms with Gasteiger partial charge in [0, 0.05) is 17.7 Å². The lowest BCUT2D eigenvalue weighted by molar-refractivity contribution is 0.0941. The molecule has 0 aliphatic heterocycles. The molecular formula is C18H20Cl2N2O2. The molecule has 0 aromatic heterocycles. The molecule has 1 unspecified atom stereocenters. The van der Waals surface area contributed by atoms with Crippen LogP contribution in [0.15, 0.2) is 42.5 Å². The number of benzene rings is 2. The van der Waals surface area contributed by atoms with Gasteiger partial charge in [0.15, 0.2) is 0 Å². The van der Waals surface area contributed by atoms with Gasteiger partial charge in [-0.05, 0) is 38.4 Å². The van der Waals surface area contributed by atoms with Crippen LogP contribution in [-0.4, -0.2) is 38.6 Å². The van der Waals surface area contributed by atoms with Crippen LogP contribution in [0.25, 0.3) is 0 Å². The number of nitrogens with one attached hydrogen (secondary N) is 1. The highest BCUT2D eigenvalue weighted by Crippen LogP contribution is 2.27. The summed E-state index contributed by atoms with van der Waals surface area (Å²) in [6.07, 6.45) is 0. The first-order chi connectivity index (χ1) is 11.4. The van der Waals surface area contributed by atoms with E-state index in [4.69, 9.17) is 27.9 Å². The number of methoxy groups -OCH3 is 1. The summed E-state index contributed by atoms with van der Waals surface area (Å²) in [5.74, 6) is 0.593. The van der Waals surface area contributed by atoms with E-state index in [2.05, 4.69) is 5.32 Å². The van der Waals surface area contributed by atoms with Crippen LogP contribution in [0.2, 0.25) is 10.0 Å². The minimum atomic E-state index is -0.199. The predicted octanol–water partition coefficient (Wildman–Crippen LogP) is 4.03. The molecule has 2 rings (SSSR count). The fourth-order valence-corrected chi connectivity index (χ4v) is 2.74. The van der Waals surface area contributed by atoms with Gasteiger partial charge in [-0.1, -0.05) is 41.4 Å². The van der Waals surface area contributed by atoms with E-state index < -0.39 is 0 Å². The molecule has 128 valence electrons. The quantitative estimate of drug-likeness (QED) is 0.838. The highest BCUT2D eigenvalue weighted by atomic mass is 35.5. The lowest BCUT2D eigenvalue weighted by Gasteiger charge is -2.26. The van der Waals surface area contributed by atoms with Gasteiger partial charge >= 0.3 is 0 Å². The van der Waals surface area contributed by atoms with Crippen LogP contribution in [0, 0.1) is 0 Å². The van der Waals surface area contributed by atoms with Crippen LogP contribution in [-0.2, 0) is 0 Å². The first kappa shape index (κ1) is 18.6. The number of halogens is 2. The van der Waals surface area contributed by atoms with E-state index in [1.54, 1.807) is 25.3 Å². The number of hydrogen-bond donors (Lipinski definition) is 1. The molecule has 2 aromatic rings. The van der Waals surface area contributed by atoms with Gasteiger partial charge in [0.05, 0.1) is 23.2 Å². The monoisotopic (exact) mass is 366 g/mol. The third-order valence-corrected chi connectivity index (χ3v) is 4.50. The molecule has 4 nitrogen and oxygen atoms in total. The first-order valence-electron chi connectivity index (χ1n) is 7.46. The van der Waals surface area contributed by atoms with Crippen molar-refractivity contribution >= 4 is 29.1 Å². The van der Waals surface area contributed by atoms with Crippen molar-refractivity contribution in [3.8, 4) is 5.75 Å². The molecule has 0 fully saturated rings. The van der Waals surface area contributed by atoms with Crippen molar-refractivity contribution in [2.75, 3.05) is 27.7 Å². The van der Waals surface area contributed by atoms with E-state index in [1.807, 2.05) is 43.3 Å². The van der Waals surface area contributed by atoms with Crippen molar-refractivity contribution < 1.29 is 9.53 Å². The summed E-state index contributed by atoms with van der Waals surface area (Å²) in [6, 6.07) is 12.6. The molecule has 0 saturated heterocycles. The molecule has 24 heavy (non-hydrogen) atoms. The van der Waals surface area contributed by atoms with Gasteiger partial charge < -0.3 is 15.0 Å². The highest BCUT2D eigenvalue weighted by Gasteiger charge is 2.19. The lowest BCUT2D eigenvalue weighted by atomic mass is 10.0. The summed E-state index contributed by atoms with van der Waals surface area (Å²) in [7, 11) is 5.56. The topological polar surface area (TPSA) is 41.6 Å². The Morgan fingerprint density at radius 1 is 1.17 bits per heavy atom. The van der Waals surface area contributed by atoms with E-state index >= 15 is 0 Å². The van der Waals surface area contributed by atoms with Crippen LogP contribution in [0.5, 0.6) is 5.75 Å². The van der Waals surface area contributed by atoms with Gasteiger partial charge in [-0.15, -0.1) is 0 Å². The van der Waals surface area contributed by atoms with Crippen molar-refractivity contribution in [2.45, 2.75) is 6.04 Å². The highest BCUT2D eigenvalue weighted by molar-refractivity contribution is 6.42. The van der Waals surface area contributed by atoms with E-state index in [0.29, 0.717) is 22.2 Å². The molecule has 0 radical (unpaired) electrons. The average molecular weight is 367 g/mol. The Balaban J connectivity index is 2.14. The maximum Gasteiger partial charge on any atom is 0.251 e. The molecule has 0 saturated carbocycles. The Hall–Kier alpha value is -1.75. The Kier molecular flexibility index (Phi) is 6.49. The molecule has 2 aromatic carbocycles. The second-order valence-electron chi connectivity index (χ2n) is 5.56. The summed E-state index contributed by atoms with van der Waals surface area (Å²) in [4.78, 5) is 14.4. The van der Waals surface area contributed by atoms with Gasteiger partial charge in [0.2, 0.25) is 0 Å². The minimum absolute atomic E-state index is 0.0205. The number of carbonyl (C=O) groups is 1. The van der Waals surface area contributed by atoms with Gasteiger partial charge in [0.1, 0.15) is 5.75 Å². The molecule has 0 heterocycles. The predicted molar refractivity (Wildman–Crippen MR) is 98.2 cm³/mol. The Morgan fingerprint density at radius 3 is 2.50 bits per heavy atom. The first-order valence-corrected chi connectivity index (χ1v) is 8.22. The van der Waals surface area contributed by atoms with E-state index in [-0.39, 0.29) is 11.9 Å². The van der Waals surface area contributed by atoms with Crippen LogP contribution in [0.4, 0.5) is 0 Å². The number of nitrogens with zero attached hydrogens (tertiary/aromatic N) is 1. The maximum absolute atomic E-state index is 12.4. The zero-order valence-corrected chi connectivity index (χ0v) is 15.4. The Labute approximate surface area is 152 Å². The van der Waals surface area contributed by atoms with Crippen molar-refractivity contribution in [3.05, 3.63) is 63.6 Å². The minimum Gasteiger partial charge on any atom is -0.496 e. The molecular weight excluding hydrogens is 347 g/mol. The van der Waals surface area contributed by atoms with Gasteiger partial charge in [-0.25, -0.2) is 0 Å². The average Bonchev–Trinajstić information content (AvgIpc) is 2.57. The summed E-state index contributed by atoms with van der Waals surface area (Å²) < 4.78 is 5.43. The second-order valence-corrected chi connectivity index (χ2v) is 6.37. The lowest BCUT2D eigenvalue weighted by Crippen LogP contribution is -2.34. The van der Waals surface area contributed by atoms with Gasteiger partial charge in [-0.2, -0.15) is 0 Å². The second kappa shape index (κ2) is 8.38. The van der Waals surface area contributed by atoms with E-state index in [0.717, 1.165) is 11.3 Å². The van der Waals surface area contributed by atoms with Crippen molar-refractivity contribution in [1.82, 2.24) is 10.2 Å². The number of para-hydroxylation sites is 1. The zero-order valence-electron chi connectivity index (χ0n) is 13.8. The number of amides is 1. The molecule has 0 aliphatic rings. The van der Waals surface area contributed by atoms with Gasteiger partial charge in [-0.3, -0.25) is 4.79 Å². The van der Waals surface area contributed by atoms with Crippen LogP contribution < -0.4 is 10.1 Å². The van der Waals surface area contributed by atoms with E-state index in [1.165, 1.54) is 0 Å². The molecule has 6 heteroatoms. The number of hydrogen-bond acceptors (Lipinski definition) is 3. The van der Waals surface area contributed by atoms with Crippen molar-refractivity contribution in [1.29, 1.82) is 0 Å². The summed E-state index contributed by atoms with van der Waals surface area (Å²) in [5, 5.41) is 3.72. The number of carbonyl (C=O) groups excluding carboxylic acids is 1. The van der Waals surface area contributed by atoms with Crippen molar-refractivity contribution in [2.24, 2.45) is 0 Å². The zero-order chi connectivity index (χ0) is 17.7. The number of likely N-dealkylation sites (N-methyl/N-ethyl adjacent to an activating group) is 1. The SMILES string of the molecule is COc1ccccc1C(CNC(=O)c1ccc(Cl)c(Cl)c1)N(C)C. The number of rotatable bonds is 6. The van der Waals surface area contributed by atoms with Crippen LogP contribution >= 0.6 is 23.2 Å². The molecule has 0 spiro atoms. The largest absolute Gasteiger partial charge is 0.496 e. The Morgan fingerprint density at radius 2 is 1.88 bits per heavy atom. The van der Waals surface area contributed by atoms with Crippen LogP contribution in [0.3, 0.4) is 0 Å². The van der Waals surface area contributed by atoms with Crippen molar-refractivity contribution in [3.63, 3.8) is 0 Å². The Bertz CT molecular complexity index is 720. The maximum atomic E-state index is 12.4. The third-order valence-electron chi connectivity index (χ3n) is 3.76. The summed E-state index contributed by atoms with van der Waals surface area (Å²) in [5.41, 5.74) is 1.49. The molecule has 1 amide bonds. The molecule has 1 atom stereocenters. The smallest absolute Gasteiger partial charge is 0.251 e. The molecule has 0 bridgehead atoms. The standard InChI is InChI=1S/C18H20Cl2N2O2/c1-22(2)16(13-6-4-5-7-17(13)24-3)11-21-18(23)12-8-9-14(19)15(20)10-12/h4-10,16H,11H2,1-3H3,(H,21,23). The van der Waals surface area contributed by atoms with Crippen LogP contribution in [0.1, 0.15) is 22.0 Å². The normalized spacial score (nSPS) is 12.1. The molecule has 0 aliphatic carbocycles. The van der Waals surface area contributed by atoms with E-state index in [9.17, 15) is 4.79 Å². The van der Waals surface area contributed by atoms with Gasteiger partial charge in [0.25, 0.3) is 5.91 Å². The summed E-state index contributed by atoms with van der Waals surface area (Å²) in [6.45, 7) is 0.437. The number of ether oxygens (including phenoxy) is 1. The molecule has 1 N–H and O–H groups in total. The third kappa shape index (κ3) is 4.41. The fraction of sp³-hybridized carbons (Fsp3) is 0.278. The fourth-order valence-electron chi connectivity index (χ4n) is 2.44.